The molecule has 0 bridgehead atoms. The summed E-state index contributed by atoms with van der Waals surface area (Å²) in [5, 5.41) is 0. The molecule has 1 aliphatic carbocycles. The van der Waals surface area contributed by atoms with Crippen molar-refractivity contribution in [3.63, 3.8) is 0 Å². The highest BCUT2D eigenvalue weighted by Gasteiger charge is 2.33. The van der Waals surface area contributed by atoms with Crippen LogP contribution in [0.1, 0.15) is 51.6 Å². The second-order valence-electron chi connectivity index (χ2n) is 6.59. The number of nitrogens with one attached hydrogen (secondary N) is 1. The van der Waals surface area contributed by atoms with Crippen LogP contribution in [0.3, 0.4) is 0 Å². The summed E-state index contributed by atoms with van der Waals surface area (Å²) in [6.07, 6.45) is 2.85. The zero-order valence-corrected chi connectivity index (χ0v) is 13.2. The van der Waals surface area contributed by atoms with Crippen LogP contribution < -0.4 is 10.5 Å². The molecule has 2 unspecified atom stereocenters. The number of rotatable bonds is 4. The Morgan fingerprint density at radius 2 is 2.10 bits per heavy atom. The molecule has 2 rings (SSSR count). The van der Waals surface area contributed by atoms with Crippen LogP contribution in [0.25, 0.3) is 0 Å². The highest BCUT2D eigenvalue weighted by Crippen LogP contribution is 2.37. The standard InChI is InChI=1S/C15H24N2O2S/c1-11(16)12-5-4-6-14(9-12)20(18,19)17-13-7-8-15(2,3)10-13/h4-6,9,11,13,17H,7-8,10,16H2,1-3H3. The third-order valence-corrected chi connectivity index (χ3v) is 5.50. The minimum absolute atomic E-state index is 0.0361. The molecule has 0 aliphatic heterocycles. The molecule has 0 heterocycles. The molecule has 1 aromatic rings. The second-order valence-corrected chi connectivity index (χ2v) is 8.30. The van der Waals surface area contributed by atoms with E-state index in [-0.39, 0.29) is 17.5 Å². The fourth-order valence-corrected chi connectivity index (χ4v) is 4.11. The van der Waals surface area contributed by atoms with Crippen LogP contribution in [0.15, 0.2) is 29.2 Å². The Labute approximate surface area is 121 Å². The molecule has 0 saturated heterocycles. The lowest BCUT2D eigenvalue weighted by Crippen LogP contribution is -2.33. The first-order valence-electron chi connectivity index (χ1n) is 7.07. The van der Waals surface area contributed by atoms with E-state index in [0.29, 0.717) is 4.90 Å². The largest absolute Gasteiger partial charge is 0.324 e. The van der Waals surface area contributed by atoms with Gasteiger partial charge in [-0.25, -0.2) is 13.1 Å². The maximum atomic E-state index is 12.4. The van der Waals surface area contributed by atoms with Crippen molar-refractivity contribution >= 4 is 10.0 Å². The summed E-state index contributed by atoms with van der Waals surface area (Å²) in [5.41, 5.74) is 6.87. The molecule has 0 spiro atoms. The quantitative estimate of drug-likeness (QED) is 0.897. The van der Waals surface area contributed by atoms with Gasteiger partial charge in [0.1, 0.15) is 0 Å². The van der Waals surface area contributed by atoms with Gasteiger partial charge in [-0.15, -0.1) is 0 Å². The van der Waals surface area contributed by atoms with Crippen molar-refractivity contribution in [1.82, 2.24) is 4.72 Å². The Morgan fingerprint density at radius 1 is 1.40 bits per heavy atom. The van der Waals surface area contributed by atoms with Gasteiger partial charge < -0.3 is 5.73 Å². The van der Waals surface area contributed by atoms with Gasteiger partial charge in [0, 0.05) is 12.1 Å². The van der Waals surface area contributed by atoms with Crippen molar-refractivity contribution in [2.45, 2.75) is 57.0 Å². The molecule has 4 nitrogen and oxygen atoms in total. The predicted molar refractivity (Wildman–Crippen MR) is 80.8 cm³/mol. The molecule has 20 heavy (non-hydrogen) atoms. The van der Waals surface area contributed by atoms with Crippen LogP contribution >= 0.6 is 0 Å². The summed E-state index contributed by atoms with van der Waals surface area (Å²) in [6.45, 7) is 6.20. The summed E-state index contributed by atoms with van der Waals surface area (Å²) >= 11 is 0. The fraction of sp³-hybridized carbons (Fsp3) is 0.600. The molecule has 1 aliphatic rings. The van der Waals surface area contributed by atoms with E-state index in [4.69, 9.17) is 5.73 Å². The van der Waals surface area contributed by atoms with Crippen LogP contribution in [0.5, 0.6) is 0 Å². The first-order valence-corrected chi connectivity index (χ1v) is 8.56. The van der Waals surface area contributed by atoms with Crippen molar-refractivity contribution < 1.29 is 8.42 Å². The number of sulfonamides is 1. The lowest BCUT2D eigenvalue weighted by Gasteiger charge is -2.18. The molecular formula is C15H24N2O2S. The third-order valence-electron chi connectivity index (χ3n) is 3.98. The van der Waals surface area contributed by atoms with Crippen molar-refractivity contribution in [3.8, 4) is 0 Å². The topological polar surface area (TPSA) is 72.2 Å². The molecule has 5 heteroatoms. The van der Waals surface area contributed by atoms with Gasteiger partial charge in [-0.2, -0.15) is 0 Å². The van der Waals surface area contributed by atoms with Crippen LogP contribution in [-0.2, 0) is 10.0 Å². The monoisotopic (exact) mass is 296 g/mol. The van der Waals surface area contributed by atoms with Crippen LogP contribution in [0, 0.1) is 5.41 Å². The maximum absolute atomic E-state index is 12.4. The van der Waals surface area contributed by atoms with E-state index in [9.17, 15) is 8.42 Å². The molecule has 0 amide bonds. The van der Waals surface area contributed by atoms with Gasteiger partial charge in [0.05, 0.1) is 4.90 Å². The molecule has 1 aromatic carbocycles. The molecule has 112 valence electrons. The fourth-order valence-electron chi connectivity index (χ4n) is 2.79. The number of nitrogens with two attached hydrogens (primary N) is 1. The summed E-state index contributed by atoms with van der Waals surface area (Å²) in [4.78, 5) is 0.303. The molecule has 1 fully saturated rings. The van der Waals surface area contributed by atoms with Crippen LogP contribution in [0.4, 0.5) is 0 Å². The Hall–Kier alpha value is -0.910. The number of benzene rings is 1. The molecule has 3 N–H and O–H groups in total. The average Bonchev–Trinajstić information content (AvgIpc) is 2.68. The van der Waals surface area contributed by atoms with Gasteiger partial charge in [0.15, 0.2) is 0 Å². The van der Waals surface area contributed by atoms with Crippen molar-refractivity contribution in [2.75, 3.05) is 0 Å². The van der Waals surface area contributed by atoms with Gasteiger partial charge in [0.25, 0.3) is 0 Å². The zero-order valence-electron chi connectivity index (χ0n) is 12.4. The summed E-state index contributed by atoms with van der Waals surface area (Å²) < 4.78 is 27.7. The second kappa shape index (κ2) is 5.47. The molecule has 1 saturated carbocycles. The van der Waals surface area contributed by atoms with Gasteiger partial charge in [-0.3, -0.25) is 0 Å². The highest BCUT2D eigenvalue weighted by molar-refractivity contribution is 7.89. The maximum Gasteiger partial charge on any atom is 0.240 e. The normalized spacial score (nSPS) is 23.7. The summed E-state index contributed by atoms with van der Waals surface area (Å²) in [5.74, 6) is 0. The number of hydrogen-bond acceptors (Lipinski definition) is 3. The predicted octanol–water partition coefficient (Wildman–Crippen LogP) is 2.56. The highest BCUT2D eigenvalue weighted by atomic mass is 32.2. The Morgan fingerprint density at radius 3 is 2.65 bits per heavy atom. The summed E-state index contributed by atoms with van der Waals surface area (Å²) in [7, 11) is -3.46. The van der Waals surface area contributed by atoms with Gasteiger partial charge in [-0.05, 0) is 49.3 Å². The lowest BCUT2D eigenvalue weighted by molar-refractivity contribution is 0.372. The summed E-state index contributed by atoms with van der Waals surface area (Å²) in [6, 6.07) is 6.74. The average molecular weight is 296 g/mol. The van der Waals surface area contributed by atoms with E-state index >= 15 is 0 Å². The van der Waals surface area contributed by atoms with Crippen LogP contribution in [-0.4, -0.2) is 14.5 Å². The third kappa shape index (κ3) is 3.59. The van der Waals surface area contributed by atoms with E-state index in [1.807, 2.05) is 13.0 Å². The van der Waals surface area contributed by atoms with E-state index in [1.54, 1.807) is 18.2 Å². The Kier molecular flexibility index (Phi) is 4.23. The molecule has 2 atom stereocenters. The van der Waals surface area contributed by atoms with E-state index in [2.05, 4.69) is 18.6 Å². The first-order chi connectivity index (χ1) is 9.20. The Bertz CT molecular complexity index is 579. The van der Waals surface area contributed by atoms with Gasteiger partial charge >= 0.3 is 0 Å². The Balaban J connectivity index is 2.17. The molecule has 0 aromatic heterocycles. The van der Waals surface area contributed by atoms with Crippen molar-refractivity contribution in [3.05, 3.63) is 29.8 Å². The first kappa shape index (κ1) is 15.5. The van der Waals surface area contributed by atoms with Crippen molar-refractivity contribution in [2.24, 2.45) is 11.1 Å². The van der Waals surface area contributed by atoms with E-state index in [1.165, 1.54) is 0 Å². The number of hydrogen-bond donors (Lipinski definition) is 2. The van der Waals surface area contributed by atoms with E-state index < -0.39 is 10.0 Å². The molecular weight excluding hydrogens is 272 g/mol. The minimum Gasteiger partial charge on any atom is -0.324 e. The molecule has 0 radical (unpaired) electrons. The smallest absolute Gasteiger partial charge is 0.240 e. The van der Waals surface area contributed by atoms with Gasteiger partial charge in [-0.1, -0.05) is 26.0 Å². The van der Waals surface area contributed by atoms with Gasteiger partial charge in [0.2, 0.25) is 10.0 Å². The zero-order chi connectivity index (χ0) is 15.0. The minimum atomic E-state index is -3.46. The van der Waals surface area contributed by atoms with Crippen molar-refractivity contribution in [1.29, 1.82) is 0 Å². The SMILES string of the molecule is CC(N)c1cccc(S(=O)(=O)NC2CCC(C)(C)C2)c1. The van der Waals surface area contributed by atoms with E-state index in [0.717, 1.165) is 24.8 Å². The lowest BCUT2D eigenvalue weighted by atomic mass is 9.92. The van der Waals surface area contributed by atoms with Crippen LogP contribution in [0.2, 0.25) is 0 Å².